The first-order chi connectivity index (χ1) is 7.59. The number of aromatic nitrogens is 1. The number of pyridine rings is 1. The summed E-state index contributed by atoms with van der Waals surface area (Å²) in [6.45, 7) is 4.13. The predicted molar refractivity (Wildman–Crippen MR) is 61.8 cm³/mol. The average molecular weight is 222 g/mol. The van der Waals surface area contributed by atoms with Crippen molar-refractivity contribution in [2.45, 2.75) is 26.4 Å². The van der Waals surface area contributed by atoms with Crippen molar-refractivity contribution in [1.29, 1.82) is 0 Å². The first-order valence-corrected chi connectivity index (χ1v) is 5.43. The van der Waals surface area contributed by atoms with Crippen LogP contribution in [0.1, 0.15) is 19.4 Å². The summed E-state index contributed by atoms with van der Waals surface area (Å²) < 4.78 is 0. The first-order valence-electron chi connectivity index (χ1n) is 5.43. The largest absolute Gasteiger partial charge is 0.391 e. The van der Waals surface area contributed by atoms with Gasteiger partial charge in [0.2, 0.25) is 5.91 Å². The fraction of sp³-hybridized carbons (Fsp3) is 0.500. The molecule has 4 nitrogen and oxygen atoms in total. The topological polar surface area (TPSA) is 62.2 Å². The van der Waals surface area contributed by atoms with Gasteiger partial charge in [-0.2, -0.15) is 0 Å². The van der Waals surface area contributed by atoms with E-state index in [9.17, 15) is 9.90 Å². The van der Waals surface area contributed by atoms with Crippen LogP contribution in [0, 0.1) is 5.92 Å². The maximum Gasteiger partial charge on any atom is 0.224 e. The quantitative estimate of drug-likeness (QED) is 0.773. The Kier molecular flexibility index (Phi) is 4.92. The van der Waals surface area contributed by atoms with E-state index in [-0.39, 0.29) is 11.8 Å². The third-order valence-electron chi connectivity index (χ3n) is 2.37. The van der Waals surface area contributed by atoms with Gasteiger partial charge in [-0.25, -0.2) is 0 Å². The number of hydrogen-bond donors (Lipinski definition) is 2. The number of aliphatic hydroxyl groups excluding tert-OH is 1. The lowest BCUT2D eigenvalue weighted by Crippen LogP contribution is -2.35. The summed E-state index contributed by atoms with van der Waals surface area (Å²) in [4.78, 5) is 15.4. The molecule has 0 aliphatic carbocycles. The minimum Gasteiger partial charge on any atom is -0.391 e. The van der Waals surface area contributed by atoms with Crippen LogP contribution in [0.4, 0.5) is 0 Å². The third-order valence-corrected chi connectivity index (χ3v) is 2.37. The van der Waals surface area contributed by atoms with Crippen molar-refractivity contribution in [2.75, 3.05) is 6.54 Å². The van der Waals surface area contributed by atoms with Crippen molar-refractivity contribution in [3.05, 3.63) is 30.1 Å². The van der Waals surface area contributed by atoms with Crippen LogP contribution >= 0.6 is 0 Å². The maximum absolute atomic E-state index is 11.5. The van der Waals surface area contributed by atoms with E-state index in [4.69, 9.17) is 0 Å². The number of aliphatic hydroxyl groups is 1. The molecule has 0 spiro atoms. The van der Waals surface area contributed by atoms with Crippen molar-refractivity contribution in [2.24, 2.45) is 5.92 Å². The molecule has 1 rings (SSSR count). The molecule has 0 aromatic carbocycles. The second kappa shape index (κ2) is 6.23. The third kappa shape index (κ3) is 4.40. The van der Waals surface area contributed by atoms with E-state index in [1.54, 1.807) is 18.5 Å². The van der Waals surface area contributed by atoms with Crippen LogP contribution in [0.5, 0.6) is 0 Å². The Morgan fingerprint density at radius 1 is 1.56 bits per heavy atom. The standard InChI is InChI=1S/C12H18N2O2/c1-9(2)11(15)8-14-12(16)6-10-4-3-5-13-7-10/h3-5,7,9,11,15H,6,8H2,1-2H3,(H,14,16). The van der Waals surface area contributed by atoms with Crippen molar-refractivity contribution in [3.63, 3.8) is 0 Å². The molecule has 88 valence electrons. The second-order valence-corrected chi connectivity index (χ2v) is 4.15. The van der Waals surface area contributed by atoms with Crippen LogP contribution in [-0.4, -0.2) is 28.6 Å². The van der Waals surface area contributed by atoms with Gasteiger partial charge < -0.3 is 10.4 Å². The van der Waals surface area contributed by atoms with E-state index < -0.39 is 6.10 Å². The highest BCUT2D eigenvalue weighted by Gasteiger charge is 2.10. The Labute approximate surface area is 95.7 Å². The first kappa shape index (κ1) is 12.6. The lowest BCUT2D eigenvalue weighted by atomic mass is 10.1. The van der Waals surface area contributed by atoms with Crippen LogP contribution < -0.4 is 5.32 Å². The van der Waals surface area contributed by atoms with Gasteiger partial charge in [-0.05, 0) is 17.5 Å². The molecule has 1 amide bonds. The van der Waals surface area contributed by atoms with Gasteiger partial charge in [0.25, 0.3) is 0 Å². The van der Waals surface area contributed by atoms with E-state index >= 15 is 0 Å². The van der Waals surface area contributed by atoms with Gasteiger partial charge >= 0.3 is 0 Å². The zero-order valence-corrected chi connectivity index (χ0v) is 9.68. The number of hydrogen-bond acceptors (Lipinski definition) is 3. The van der Waals surface area contributed by atoms with Gasteiger partial charge in [0.1, 0.15) is 0 Å². The summed E-state index contributed by atoms with van der Waals surface area (Å²) in [5, 5.41) is 12.2. The van der Waals surface area contributed by atoms with Crippen LogP contribution in [0.2, 0.25) is 0 Å². The van der Waals surface area contributed by atoms with Crippen LogP contribution in [0.25, 0.3) is 0 Å². The molecule has 0 bridgehead atoms. The molecule has 0 aliphatic rings. The van der Waals surface area contributed by atoms with Crippen molar-refractivity contribution in [3.8, 4) is 0 Å². The second-order valence-electron chi connectivity index (χ2n) is 4.15. The molecule has 1 aromatic rings. The van der Waals surface area contributed by atoms with Crippen LogP contribution in [0.15, 0.2) is 24.5 Å². The molecule has 16 heavy (non-hydrogen) atoms. The number of amides is 1. The number of nitrogens with one attached hydrogen (secondary N) is 1. The normalized spacial score (nSPS) is 12.5. The molecule has 0 aliphatic heterocycles. The summed E-state index contributed by atoms with van der Waals surface area (Å²) in [5.41, 5.74) is 0.874. The fourth-order valence-electron chi connectivity index (χ4n) is 1.20. The summed E-state index contributed by atoms with van der Waals surface area (Å²) in [6.07, 6.45) is 3.15. The molecular formula is C12H18N2O2. The van der Waals surface area contributed by atoms with Gasteiger partial charge in [-0.15, -0.1) is 0 Å². The molecule has 0 fully saturated rings. The van der Waals surface area contributed by atoms with Gasteiger partial charge in [-0.3, -0.25) is 9.78 Å². The molecule has 1 aromatic heterocycles. The minimum absolute atomic E-state index is 0.0901. The highest BCUT2D eigenvalue weighted by molar-refractivity contribution is 5.78. The zero-order valence-electron chi connectivity index (χ0n) is 9.68. The number of carbonyl (C=O) groups is 1. The molecule has 1 heterocycles. The van der Waals surface area contributed by atoms with Gasteiger partial charge in [-0.1, -0.05) is 19.9 Å². The number of rotatable bonds is 5. The molecule has 0 radical (unpaired) electrons. The fourth-order valence-corrected chi connectivity index (χ4v) is 1.20. The smallest absolute Gasteiger partial charge is 0.224 e. The van der Waals surface area contributed by atoms with Crippen molar-refractivity contribution < 1.29 is 9.90 Å². The van der Waals surface area contributed by atoms with E-state index in [1.165, 1.54) is 0 Å². The highest BCUT2D eigenvalue weighted by atomic mass is 16.3. The molecular weight excluding hydrogens is 204 g/mol. The SMILES string of the molecule is CC(C)C(O)CNC(=O)Cc1cccnc1. The Bertz CT molecular complexity index is 325. The Morgan fingerprint density at radius 2 is 2.31 bits per heavy atom. The van der Waals surface area contributed by atoms with E-state index in [0.717, 1.165) is 5.56 Å². The maximum atomic E-state index is 11.5. The summed E-state index contributed by atoms with van der Waals surface area (Å²) in [6, 6.07) is 3.65. The molecule has 2 N–H and O–H groups in total. The van der Waals surface area contributed by atoms with Gasteiger partial charge in [0.15, 0.2) is 0 Å². The van der Waals surface area contributed by atoms with E-state index in [1.807, 2.05) is 19.9 Å². The summed E-state index contributed by atoms with van der Waals surface area (Å²) >= 11 is 0. The molecule has 0 saturated carbocycles. The predicted octanol–water partition coefficient (Wildman–Crippen LogP) is 0.757. The zero-order chi connectivity index (χ0) is 12.0. The average Bonchev–Trinajstić information content (AvgIpc) is 2.27. The molecule has 1 unspecified atom stereocenters. The minimum atomic E-state index is -0.488. The van der Waals surface area contributed by atoms with E-state index in [2.05, 4.69) is 10.3 Å². The Morgan fingerprint density at radius 3 is 2.88 bits per heavy atom. The van der Waals surface area contributed by atoms with Crippen LogP contribution in [0.3, 0.4) is 0 Å². The van der Waals surface area contributed by atoms with Crippen molar-refractivity contribution in [1.82, 2.24) is 10.3 Å². The lowest BCUT2D eigenvalue weighted by molar-refractivity contribution is -0.121. The lowest BCUT2D eigenvalue weighted by Gasteiger charge is -2.14. The van der Waals surface area contributed by atoms with Crippen molar-refractivity contribution >= 4 is 5.91 Å². The molecule has 0 saturated heterocycles. The van der Waals surface area contributed by atoms with E-state index in [0.29, 0.717) is 13.0 Å². The Hall–Kier alpha value is -1.42. The summed E-state index contributed by atoms with van der Waals surface area (Å²) in [5.74, 6) is 0.0615. The van der Waals surface area contributed by atoms with Gasteiger partial charge in [0.05, 0.1) is 12.5 Å². The monoisotopic (exact) mass is 222 g/mol. The molecule has 4 heteroatoms. The Balaban J connectivity index is 2.32. The summed E-state index contributed by atoms with van der Waals surface area (Å²) in [7, 11) is 0. The highest BCUT2D eigenvalue weighted by Crippen LogP contribution is 2.00. The number of nitrogens with zero attached hydrogens (tertiary/aromatic N) is 1. The number of carbonyl (C=O) groups excluding carboxylic acids is 1. The van der Waals surface area contributed by atoms with Crippen LogP contribution in [-0.2, 0) is 11.2 Å². The van der Waals surface area contributed by atoms with Gasteiger partial charge in [0, 0.05) is 18.9 Å². The molecule has 1 atom stereocenters.